The molecule has 0 fully saturated rings. The van der Waals surface area contributed by atoms with Crippen molar-refractivity contribution in [3.63, 3.8) is 0 Å². The second-order valence-electron chi connectivity index (χ2n) is 3.36. The third-order valence-corrected chi connectivity index (χ3v) is 3.26. The zero-order valence-electron chi connectivity index (χ0n) is 9.28. The van der Waals surface area contributed by atoms with Gasteiger partial charge in [-0.25, -0.2) is 0 Å². The lowest BCUT2D eigenvalue weighted by atomic mass is 10.2. The Labute approximate surface area is 119 Å². The van der Waals surface area contributed by atoms with Crippen molar-refractivity contribution < 1.29 is 14.7 Å². The van der Waals surface area contributed by atoms with Gasteiger partial charge in [-0.15, -0.1) is 11.8 Å². The summed E-state index contributed by atoms with van der Waals surface area (Å²) in [5.41, 5.74) is 0.385. The Hall–Kier alpha value is -0.910. The van der Waals surface area contributed by atoms with Crippen molar-refractivity contribution in [3.05, 3.63) is 33.8 Å². The molecule has 0 saturated heterocycles. The van der Waals surface area contributed by atoms with Crippen LogP contribution in [0.5, 0.6) is 0 Å². The van der Waals surface area contributed by atoms with Crippen LogP contribution in [0.1, 0.15) is 10.4 Å². The fourth-order valence-corrected chi connectivity index (χ4v) is 2.27. The lowest BCUT2D eigenvalue weighted by molar-refractivity contribution is -0.133. The second-order valence-corrected chi connectivity index (χ2v) is 5.34. The third kappa shape index (κ3) is 5.62. The fourth-order valence-electron chi connectivity index (χ4n) is 1.18. The fraction of sp³-hybridized carbons (Fsp3) is 0.273. The number of aliphatic carboxylic acids is 1. The number of rotatable bonds is 6. The van der Waals surface area contributed by atoms with Crippen LogP contribution in [0.25, 0.3) is 0 Å². The molecule has 0 unspecified atom stereocenters. The Morgan fingerprint density at radius 2 is 1.83 bits per heavy atom. The zero-order chi connectivity index (χ0) is 13.5. The van der Waals surface area contributed by atoms with Gasteiger partial charge in [-0.3, -0.25) is 9.59 Å². The summed E-state index contributed by atoms with van der Waals surface area (Å²) < 4.78 is 0. The van der Waals surface area contributed by atoms with E-state index in [0.29, 0.717) is 27.9 Å². The predicted octanol–water partition coefficient (Wildman–Crippen LogP) is 2.54. The van der Waals surface area contributed by atoms with E-state index in [-0.39, 0.29) is 11.7 Å². The lowest BCUT2D eigenvalue weighted by Crippen LogP contribution is -2.26. The summed E-state index contributed by atoms with van der Waals surface area (Å²) >= 11 is 12.8. The number of hydrogen-bond acceptors (Lipinski definition) is 3. The highest BCUT2D eigenvalue weighted by atomic mass is 35.5. The molecule has 0 bridgehead atoms. The topological polar surface area (TPSA) is 66.4 Å². The van der Waals surface area contributed by atoms with Gasteiger partial charge in [0.1, 0.15) is 0 Å². The van der Waals surface area contributed by atoms with E-state index in [0.717, 1.165) is 0 Å². The van der Waals surface area contributed by atoms with Gasteiger partial charge in [0, 0.05) is 27.9 Å². The quantitative estimate of drug-likeness (QED) is 0.793. The summed E-state index contributed by atoms with van der Waals surface area (Å²) in [7, 11) is 0. The molecule has 0 spiro atoms. The Bertz CT molecular complexity index is 434. The Balaban J connectivity index is 2.38. The third-order valence-electron chi connectivity index (χ3n) is 1.88. The molecular formula is C11H11Cl2NO3S. The highest BCUT2D eigenvalue weighted by molar-refractivity contribution is 7.99. The minimum absolute atomic E-state index is 0.0267. The Morgan fingerprint density at radius 3 is 2.39 bits per heavy atom. The van der Waals surface area contributed by atoms with Gasteiger partial charge in [0.05, 0.1) is 5.75 Å². The lowest BCUT2D eigenvalue weighted by Gasteiger charge is -2.05. The molecular weight excluding hydrogens is 297 g/mol. The van der Waals surface area contributed by atoms with Crippen LogP contribution >= 0.6 is 35.0 Å². The van der Waals surface area contributed by atoms with Gasteiger partial charge in [-0.1, -0.05) is 23.2 Å². The highest BCUT2D eigenvalue weighted by Crippen LogP contribution is 2.18. The monoisotopic (exact) mass is 307 g/mol. The number of hydrogen-bond donors (Lipinski definition) is 2. The number of thioether (sulfide) groups is 1. The van der Waals surface area contributed by atoms with Crippen molar-refractivity contribution in [1.82, 2.24) is 5.32 Å². The molecule has 0 aliphatic heterocycles. The summed E-state index contributed by atoms with van der Waals surface area (Å²) in [6.07, 6.45) is 0. The van der Waals surface area contributed by atoms with Crippen LogP contribution < -0.4 is 5.32 Å². The van der Waals surface area contributed by atoms with E-state index < -0.39 is 5.97 Å². The molecule has 0 aromatic heterocycles. The van der Waals surface area contributed by atoms with Gasteiger partial charge in [0.25, 0.3) is 5.91 Å². The predicted molar refractivity (Wildman–Crippen MR) is 73.8 cm³/mol. The van der Waals surface area contributed by atoms with Crippen molar-refractivity contribution in [2.45, 2.75) is 0 Å². The maximum atomic E-state index is 11.7. The first kappa shape index (κ1) is 15.1. The first-order chi connectivity index (χ1) is 8.49. The van der Waals surface area contributed by atoms with Crippen molar-refractivity contribution >= 4 is 46.8 Å². The first-order valence-corrected chi connectivity index (χ1v) is 6.94. The maximum absolute atomic E-state index is 11.7. The van der Waals surface area contributed by atoms with Gasteiger partial charge in [-0.2, -0.15) is 0 Å². The van der Waals surface area contributed by atoms with E-state index in [1.54, 1.807) is 6.07 Å². The van der Waals surface area contributed by atoms with Crippen LogP contribution in [0.15, 0.2) is 18.2 Å². The van der Waals surface area contributed by atoms with E-state index in [2.05, 4.69) is 5.32 Å². The Kier molecular flexibility index (Phi) is 6.32. The minimum atomic E-state index is -0.868. The number of carbonyl (C=O) groups is 2. The first-order valence-electron chi connectivity index (χ1n) is 5.03. The molecule has 1 aromatic carbocycles. The van der Waals surface area contributed by atoms with Gasteiger partial charge < -0.3 is 10.4 Å². The second kappa shape index (κ2) is 7.51. The molecule has 0 atom stereocenters. The standard InChI is InChI=1S/C11H11Cl2NO3S/c12-8-3-7(4-9(13)5-8)11(17)14-1-2-18-6-10(15)16/h3-5H,1-2,6H2,(H,14,17)(H,15,16). The number of halogens is 2. The largest absolute Gasteiger partial charge is 0.481 e. The summed E-state index contributed by atoms with van der Waals surface area (Å²) in [4.78, 5) is 21.9. The summed E-state index contributed by atoms with van der Waals surface area (Å²) in [6, 6.07) is 4.59. The summed E-state index contributed by atoms with van der Waals surface area (Å²) in [5, 5.41) is 11.9. The van der Waals surface area contributed by atoms with E-state index in [4.69, 9.17) is 28.3 Å². The molecule has 0 radical (unpaired) electrons. The van der Waals surface area contributed by atoms with Crippen LogP contribution in [0.3, 0.4) is 0 Å². The maximum Gasteiger partial charge on any atom is 0.313 e. The van der Waals surface area contributed by atoms with Crippen LogP contribution in [0, 0.1) is 0 Å². The van der Waals surface area contributed by atoms with E-state index in [9.17, 15) is 9.59 Å². The average Bonchev–Trinajstić information content (AvgIpc) is 2.26. The molecule has 18 heavy (non-hydrogen) atoms. The van der Waals surface area contributed by atoms with Gasteiger partial charge in [-0.05, 0) is 18.2 Å². The molecule has 98 valence electrons. The van der Waals surface area contributed by atoms with Crippen LogP contribution in [-0.2, 0) is 4.79 Å². The van der Waals surface area contributed by atoms with Gasteiger partial charge in [0.15, 0.2) is 0 Å². The normalized spacial score (nSPS) is 10.1. The Morgan fingerprint density at radius 1 is 1.22 bits per heavy atom. The van der Waals surface area contributed by atoms with Crippen molar-refractivity contribution in [2.75, 3.05) is 18.1 Å². The SMILES string of the molecule is O=C(O)CSCCNC(=O)c1cc(Cl)cc(Cl)c1. The molecule has 0 saturated carbocycles. The molecule has 2 N–H and O–H groups in total. The smallest absolute Gasteiger partial charge is 0.313 e. The van der Waals surface area contributed by atoms with E-state index in [1.165, 1.54) is 23.9 Å². The minimum Gasteiger partial charge on any atom is -0.481 e. The molecule has 1 aromatic rings. The molecule has 0 aliphatic carbocycles. The van der Waals surface area contributed by atoms with Gasteiger partial charge >= 0.3 is 5.97 Å². The number of carboxylic acid groups (broad SMARTS) is 1. The van der Waals surface area contributed by atoms with Crippen LogP contribution in [0.4, 0.5) is 0 Å². The van der Waals surface area contributed by atoms with E-state index in [1.807, 2.05) is 0 Å². The number of nitrogens with one attached hydrogen (secondary N) is 1. The average molecular weight is 308 g/mol. The van der Waals surface area contributed by atoms with Crippen molar-refractivity contribution in [3.8, 4) is 0 Å². The number of carbonyl (C=O) groups excluding carboxylic acids is 1. The molecule has 7 heteroatoms. The number of amides is 1. The van der Waals surface area contributed by atoms with Gasteiger partial charge in [0.2, 0.25) is 0 Å². The zero-order valence-corrected chi connectivity index (χ0v) is 11.6. The molecule has 1 rings (SSSR count). The molecule has 1 amide bonds. The summed E-state index contributed by atoms with van der Waals surface area (Å²) in [5.74, 6) is -0.589. The van der Waals surface area contributed by atoms with Crippen molar-refractivity contribution in [2.24, 2.45) is 0 Å². The molecule has 0 heterocycles. The van der Waals surface area contributed by atoms with Crippen LogP contribution in [-0.4, -0.2) is 35.0 Å². The van der Waals surface area contributed by atoms with Crippen molar-refractivity contribution in [1.29, 1.82) is 0 Å². The number of carboxylic acids is 1. The molecule has 0 aliphatic rings. The molecule has 4 nitrogen and oxygen atoms in total. The summed E-state index contributed by atoms with van der Waals surface area (Å²) in [6.45, 7) is 0.390. The van der Waals surface area contributed by atoms with Crippen LogP contribution in [0.2, 0.25) is 10.0 Å². The van der Waals surface area contributed by atoms with E-state index >= 15 is 0 Å². The number of benzene rings is 1. The highest BCUT2D eigenvalue weighted by Gasteiger charge is 2.07.